The van der Waals surface area contributed by atoms with Gasteiger partial charge in [-0.2, -0.15) is 0 Å². The summed E-state index contributed by atoms with van der Waals surface area (Å²) in [5, 5.41) is 13.9. The quantitative estimate of drug-likeness (QED) is 0.644. The van der Waals surface area contributed by atoms with Crippen LogP contribution < -0.4 is 5.32 Å². The minimum atomic E-state index is -0.371. The van der Waals surface area contributed by atoms with Gasteiger partial charge < -0.3 is 10.1 Å². The molecule has 1 atom stereocenters. The third-order valence-electron chi connectivity index (χ3n) is 2.89. The van der Waals surface area contributed by atoms with Gasteiger partial charge in [0.1, 0.15) is 5.69 Å². The highest BCUT2D eigenvalue weighted by Crippen LogP contribution is 2.23. The maximum absolute atomic E-state index is 10.8. The highest BCUT2D eigenvalue weighted by molar-refractivity contribution is 5.61. The van der Waals surface area contributed by atoms with Gasteiger partial charge in [-0.3, -0.25) is 10.1 Å². The molecule has 0 radical (unpaired) electrons. The Kier molecular flexibility index (Phi) is 3.93. The number of para-hydroxylation sites is 2. The molecule has 1 fully saturated rings. The molecule has 17 heavy (non-hydrogen) atoms. The van der Waals surface area contributed by atoms with Gasteiger partial charge in [0.2, 0.25) is 0 Å². The van der Waals surface area contributed by atoms with Crippen LogP contribution in [0.5, 0.6) is 0 Å². The Hall–Kier alpha value is -1.62. The number of hydrogen-bond acceptors (Lipinski definition) is 4. The van der Waals surface area contributed by atoms with Crippen molar-refractivity contribution in [3.8, 4) is 0 Å². The number of hydrogen-bond donors (Lipinski definition) is 1. The molecule has 1 N–H and O–H groups in total. The molecule has 0 amide bonds. The topological polar surface area (TPSA) is 64.4 Å². The smallest absolute Gasteiger partial charge is 0.292 e. The van der Waals surface area contributed by atoms with E-state index >= 15 is 0 Å². The summed E-state index contributed by atoms with van der Waals surface area (Å²) in [6.45, 7) is 1.42. The Morgan fingerprint density at radius 1 is 1.41 bits per heavy atom. The zero-order valence-corrected chi connectivity index (χ0v) is 9.59. The highest BCUT2D eigenvalue weighted by atomic mass is 16.6. The van der Waals surface area contributed by atoms with Crippen LogP contribution in [0.15, 0.2) is 24.3 Å². The molecule has 5 heteroatoms. The van der Waals surface area contributed by atoms with Gasteiger partial charge >= 0.3 is 0 Å². The molecule has 1 aromatic rings. The lowest BCUT2D eigenvalue weighted by Gasteiger charge is -2.23. The molecule has 1 saturated heterocycles. The van der Waals surface area contributed by atoms with E-state index in [9.17, 15) is 10.1 Å². The molecule has 0 saturated carbocycles. The van der Waals surface area contributed by atoms with E-state index in [2.05, 4.69) is 5.32 Å². The fraction of sp³-hybridized carbons (Fsp3) is 0.500. The lowest BCUT2D eigenvalue weighted by atomic mass is 10.1. The van der Waals surface area contributed by atoms with Gasteiger partial charge in [0.25, 0.3) is 5.69 Å². The summed E-state index contributed by atoms with van der Waals surface area (Å²) in [7, 11) is 0. The van der Waals surface area contributed by atoms with Crippen molar-refractivity contribution in [1.29, 1.82) is 0 Å². The van der Waals surface area contributed by atoms with Gasteiger partial charge in [-0.15, -0.1) is 0 Å². The molecule has 0 spiro atoms. The zero-order valence-electron chi connectivity index (χ0n) is 9.59. The first-order chi connectivity index (χ1) is 8.27. The van der Waals surface area contributed by atoms with Crippen LogP contribution in [0.25, 0.3) is 0 Å². The number of nitro benzene ring substituents is 1. The fourth-order valence-electron chi connectivity index (χ4n) is 1.97. The van der Waals surface area contributed by atoms with Crippen LogP contribution in [0.4, 0.5) is 11.4 Å². The van der Waals surface area contributed by atoms with E-state index in [1.165, 1.54) is 12.5 Å². The van der Waals surface area contributed by atoms with E-state index in [1.807, 2.05) is 0 Å². The van der Waals surface area contributed by atoms with E-state index < -0.39 is 0 Å². The molecule has 1 aromatic carbocycles. The number of nitro groups is 1. The van der Waals surface area contributed by atoms with Crippen molar-refractivity contribution in [2.45, 2.75) is 25.4 Å². The van der Waals surface area contributed by atoms with Crippen LogP contribution >= 0.6 is 0 Å². The van der Waals surface area contributed by atoms with Crippen molar-refractivity contribution in [1.82, 2.24) is 0 Å². The third-order valence-corrected chi connectivity index (χ3v) is 2.89. The minimum absolute atomic E-state index is 0.114. The summed E-state index contributed by atoms with van der Waals surface area (Å²) >= 11 is 0. The van der Waals surface area contributed by atoms with Gasteiger partial charge in [-0.05, 0) is 25.3 Å². The Morgan fingerprint density at radius 2 is 2.24 bits per heavy atom. The second kappa shape index (κ2) is 5.63. The number of benzene rings is 1. The van der Waals surface area contributed by atoms with Crippen LogP contribution in [0.2, 0.25) is 0 Å². The molecule has 1 unspecified atom stereocenters. The van der Waals surface area contributed by atoms with Crippen molar-refractivity contribution >= 4 is 11.4 Å². The Balaban J connectivity index is 1.96. The van der Waals surface area contributed by atoms with Gasteiger partial charge in [0.05, 0.1) is 11.0 Å². The van der Waals surface area contributed by atoms with Crippen LogP contribution in [0, 0.1) is 10.1 Å². The van der Waals surface area contributed by atoms with Crippen LogP contribution in [-0.4, -0.2) is 24.2 Å². The number of ether oxygens (including phenoxy) is 1. The Bertz CT molecular complexity index is 389. The first-order valence-corrected chi connectivity index (χ1v) is 5.86. The largest absolute Gasteiger partial charge is 0.377 e. The van der Waals surface area contributed by atoms with Crippen molar-refractivity contribution < 1.29 is 9.66 Å². The van der Waals surface area contributed by atoms with Crippen LogP contribution in [0.3, 0.4) is 0 Å². The molecule has 0 aromatic heterocycles. The monoisotopic (exact) mass is 236 g/mol. The van der Waals surface area contributed by atoms with E-state index in [-0.39, 0.29) is 16.7 Å². The summed E-state index contributed by atoms with van der Waals surface area (Å²) in [4.78, 5) is 10.4. The predicted molar refractivity (Wildman–Crippen MR) is 65.2 cm³/mol. The van der Waals surface area contributed by atoms with Crippen LogP contribution in [0.1, 0.15) is 19.3 Å². The van der Waals surface area contributed by atoms with Crippen molar-refractivity contribution in [3.05, 3.63) is 34.4 Å². The summed E-state index contributed by atoms with van der Waals surface area (Å²) < 4.78 is 5.57. The lowest BCUT2D eigenvalue weighted by Crippen LogP contribution is -2.27. The Morgan fingerprint density at radius 3 is 2.94 bits per heavy atom. The first-order valence-electron chi connectivity index (χ1n) is 5.86. The van der Waals surface area contributed by atoms with Gasteiger partial charge in [0, 0.05) is 19.2 Å². The molecule has 1 heterocycles. The first kappa shape index (κ1) is 11.9. The predicted octanol–water partition coefficient (Wildman–Crippen LogP) is 2.58. The lowest BCUT2D eigenvalue weighted by molar-refractivity contribution is -0.384. The molecular formula is C12H16N2O3. The van der Waals surface area contributed by atoms with Crippen LogP contribution in [-0.2, 0) is 4.74 Å². The second-order valence-electron chi connectivity index (χ2n) is 4.14. The summed E-state index contributed by atoms with van der Waals surface area (Å²) in [5.41, 5.74) is 0.676. The molecule has 2 rings (SSSR count). The second-order valence-corrected chi connectivity index (χ2v) is 4.14. The molecule has 1 aliphatic heterocycles. The fourth-order valence-corrected chi connectivity index (χ4v) is 1.97. The van der Waals surface area contributed by atoms with E-state index in [4.69, 9.17) is 4.74 Å². The molecular weight excluding hydrogens is 220 g/mol. The average Bonchev–Trinajstić information content (AvgIpc) is 2.38. The summed E-state index contributed by atoms with van der Waals surface area (Å²) in [6.07, 6.45) is 3.47. The van der Waals surface area contributed by atoms with E-state index in [1.54, 1.807) is 18.2 Å². The summed E-state index contributed by atoms with van der Waals surface area (Å²) in [5.74, 6) is 0. The molecule has 5 nitrogen and oxygen atoms in total. The highest BCUT2D eigenvalue weighted by Gasteiger charge is 2.16. The van der Waals surface area contributed by atoms with E-state index in [0.29, 0.717) is 12.2 Å². The third kappa shape index (κ3) is 3.17. The van der Waals surface area contributed by atoms with Gasteiger partial charge in [-0.1, -0.05) is 12.1 Å². The van der Waals surface area contributed by atoms with Crippen molar-refractivity contribution in [3.63, 3.8) is 0 Å². The summed E-state index contributed by atoms with van der Waals surface area (Å²) in [6, 6.07) is 6.68. The molecule has 92 valence electrons. The maximum atomic E-state index is 10.8. The number of nitrogens with one attached hydrogen (secondary N) is 1. The minimum Gasteiger partial charge on any atom is -0.377 e. The Labute approximate surface area is 99.9 Å². The number of rotatable bonds is 4. The SMILES string of the molecule is O=[N+]([O-])c1ccccc1NCC1CCCCO1. The number of anilines is 1. The van der Waals surface area contributed by atoms with Crippen molar-refractivity contribution in [2.75, 3.05) is 18.5 Å². The average molecular weight is 236 g/mol. The maximum Gasteiger partial charge on any atom is 0.292 e. The van der Waals surface area contributed by atoms with Crippen molar-refractivity contribution in [2.24, 2.45) is 0 Å². The normalized spacial score (nSPS) is 19.9. The number of nitrogens with zero attached hydrogens (tertiary/aromatic N) is 1. The van der Waals surface area contributed by atoms with Gasteiger partial charge in [-0.25, -0.2) is 0 Å². The zero-order chi connectivity index (χ0) is 12.1. The molecule has 0 aliphatic carbocycles. The standard InChI is InChI=1S/C12H16N2O3/c15-14(16)12-7-2-1-6-11(12)13-9-10-5-3-4-8-17-10/h1-2,6-7,10,13H,3-5,8-9H2. The molecule has 0 bridgehead atoms. The molecule has 1 aliphatic rings. The van der Waals surface area contributed by atoms with E-state index in [0.717, 1.165) is 19.4 Å². The van der Waals surface area contributed by atoms with Gasteiger partial charge in [0.15, 0.2) is 0 Å².